The number of hydrogen-bond acceptors (Lipinski definition) is 3. The molecule has 1 aliphatic heterocycles. The number of carbonyl (C=O) groups is 1. The zero-order valence-corrected chi connectivity index (χ0v) is 11.0. The number of amides is 1. The van der Waals surface area contributed by atoms with E-state index in [0.717, 1.165) is 37.6 Å². The van der Waals surface area contributed by atoms with Crippen molar-refractivity contribution >= 4 is 17.5 Å². The number of rotatable bonds is 3. The molecule has 1 saturated heterocycles. The first kappa shape index (κ1) is 12.0. The fourth-order valence-corrected chi connectivity index (χ4v) is 2.65. The fraction of sp³-hybridized carbons (Fsp3) is 0.750. The lowest BCUT2D eigenvalue weighted by Crippen LogP contribution is -2.38. The van der Waals surface area contributed by atoms with Crippen LogP contribution in [0.4, 0.5) is 0 Å². The maximum atomic E-state index is 11.5. The summed E-state index contributed by atoms with van der Waals surface area (Å²) >= 11 is 5.56. The van der Waals surface area contributed by atoms with Crippen molar-refractivity contribution in [3.63, 3.8) is 0 Å². The van der Waals surface area contributed by atoms with E-state index in [1.165, 1.54) is 12.8 Å². The molecule has 98 valence electrons. The molecule has 0 aromatic carbocycles. The minimum atomic E-state index is 0.0337. The largest absolute Gasteiger partial charge is 0.342 e. The van der Waals surface area contributed by atoms with Gasteiger partial charge in [0.05, 0.1) is 0 Å². The zero-order chi connectivity index (χ0) is 12.5. The first-order valence-corrected chi connectivity index (χ1v) is 7.07. The second-order valence-corrected chi connectivity index (χ2v) is 5.41. The van der Waals surface area contributed by atoms with Gasteiger partial charge in [-0.2, -0.15) is 5.10 Å². The number of aromatic amines is 1. The highest BCUT2D eigenvalue weighted by Gasteiger charge is 2.30. The van der Waals surface area contributed by atoms with Crippen molar-refractivity contribution in [2.75, 3.05) is 19.0 Å². The normalized spacial score (nSPS) is 21.3. The Morgan fingerprint density at radius 1 is 1.28 bits per heavy atom. The maximum absolute atomic E-state index is 11.5. The predicted molar refractivity (Wildman–Crippen MR) is 67.6 cm³/mol. The highest BCUT2D eigenvalue weighted by molar-refractivity contribution is 6.27. The minimum Gasteiger partial charge on any atom is -0.342 e. The molecular weight excluding hydrogens is 252 g/mol. The molecule has 2 aliphatic rings. The van der Waals surface area contributed by atoms with Crippen LogP contribution in [0.3, 0.4) is 0 Å². The second kappa shape index (κ2) is 4.88. The van der Waals surface area contributed by atoms with Gasteiger partial charge in [-0.05, 0) is 25.7 Å². The SMILES string of the molecule is O=C(CCl)N1CCC(c2nc(C3CC3)n[nH]2)CC1. The number of nitrogens with one attached hydrogen (secondary N) is 1. The van der Waals surface area contributed by atoms with E-state index in [0.29, 0.717) is 11.8 Å². The molecule has 0 unspecified atom stereocenters. The van der Waals surface area contributed by atoms with Gasteiger partial charge in [-0.1, -0.05) is 0 Å². The monoisotopic (exact) mass is 268 g/mol. The molecule has 0 spiro atoms. The third-order valence-corrected chi connectivity index (χ3v) is 4.04. The summed E-state index contributed by atoms with van der Waals surface area (Å²) < 4.78 is 0. The Morgan fingerprint density at radius 2 is 2.00 bits per heavy atom. The number of alkyl halides is 1. The van der Waals surface area contributed by atoms with Crippen LogP contribution in [0.25, 0.3) is 0 Å². The standard InChI is InChI=1S/C12H17ClN4O/c13-7-10(18)17-5-3-9(4-6-17)12-14-11(15-16-12)8-1-2-8/h8-9H,1-7H2,(H,14,15,16). The van der Waals surface area contributed by atoms with Crippen molar-refractivity contribution in [1.29, 1.82) is 0 Å². The summed E-state index contributed by atoms with van der Waals surface area (Å²) in [5, 5.41) is 7.35. The molecular formula is C12H17ClN4O. The van der Waals surface area contributed by atoms with E-state index in [4.69, 9.17) is 11.6 Å². The van der Waals surface area contributed by atoms with Gasteiger partial charge in [0.25, 0.3) is 0 Å². The van der Waals surface area contributed by atoms with Crippen molar-refractivity contribution in [3.05, 3.63) is 11.6 Å². The van der Waals surface area contributed by atoms with E-state index < -0.39 is 0 Å². The van der Waals surface area contributed by atoms with Gasteiger partial charge in [0, 0.05) is 24.9 Å². The van der Waals surface area contributed by atoms with Crippen LogP contribution in [0.5, 0.6) is 0 Å². The summed E-state index contributed by atoms with van der Waals surface area (Å²) in [5.41, 5.74) is 0. The molecule has 6 heteroatoms. The number of likely N-dealkylation sites (tertiary alicyclic amines) is 1. The van der Waals surface area contributed by atoms with Gasteiger partial charge in [-0.3, -0.25) is 9.89 Å². The van der Waals surface area contributed by atoms with Gasteiger partial charge in [0.15, 0.2) is 5.82 Å². The van der Waals surface area contributed by atoms with Crippen LogP contribution in [0, 0.1) is 0 Å². The minimum absolute atomic E-state index is 0.0337. The molecule has 1 aliphatic carbocycles. The molecule has 1 saturated carbocycles. The number of H-pyrrole nitrogens is 1. The van der Waals surface area contributed by atoms with Crippen LogP contribution < -0.4 is 0 Å². The van der Waals surface area contributed by atoms with Crippen LogP contribution in [-0.2, 0) is 4.79 Å². The Hall–Kier alpha value is -1.10. The summed E-state index contributed by atoms with van der Waals surface area (Å²) in [6.45, 7) is 1.55. The Labute approximate surface area is 111 Å². The zero-order valence-electron chi connectivity index (χ0n) is 10.2. The molecule has 5 nitrogen and oxygen atoms in total. The molecule has 2 fully saturated rings. The number of nitrogens with zero attached hydrogens (tertiary/aromatic N) is 3. The van der Waals surface area contributed by atoms with E-state index in [-0.39, 0.29) is 11.8 Å². The maximum Gasteiger partial charge on any atom is 0.237 e. The van der Waals surface area contributed by atoms with Crippen LogP contribution >= 0.6 is 11.6 Å². The Kier molecular flexibility index (Phi) is 3.24. The molecule has 0 atom stereocenters. The average Bonchev–Trinajstić information content (AvgIpc) is 3.16. The van der Waals surface area contributed by atoms with Crippen LogP contribution in [0.2, 0.25) is 0 Å². The van der Waals surface area contributed by atoms with E-state index in [1.807, 2.05) is 4.90 Å². The molecule has 1 aromatic rings. The molecule has 18 heavy (non-hydrogen) atoms. The first-order chi connectivity index (χ1) is 8.78. The lowest BCUT2D eigenvalue weighted by Gasteiger charge is -2.30. The first-order valence-electron chi connectivity index (χ1n) is 6.54. The van der Waals surface area contributed by atoms with Crippen molar-refractivity contribution < 1.29 is 4.79 Å². The van der Waals surface area contributed by atoms with Crippen molar-refractivity contribution in [2.24, 2.45) is 0 Å². The molecule has 3 rings (SSSR count). The molecule has 0 radical (unpaired) electrons. The van der Waals surface area contributed by atoms with Gasteiger partial charge in [0.1, 0.15) is 11.7 Å². The summed E-state index contributed by atoms with van der Waals surface area (Å²) in [6.07, 6.45) is 4.34. The van der Waals surface area contributed by atoms with Crippen LogP contribution in [0.15, 0.2) is 0 Å². The molecule has 1 N–H and O–H groups in total. The Bertz CT molecular complexity index is 435. The lowest BCUT2D eigenvalue weighted by atomic mass is 9.96. The fourth-order valence-electron chi connectivity index (χ4n) is 2.48. The molecule has 0 bridgehead atoms. The third-order valence-electron chi connectivity index (χ3n) is 3.81. The number of aromatic nitrogens is 3. The summed E-state index contributed by atoms with van der Waals surface area (Å²) in [4.78, 5) is 17.9. The lowest BCUT2D eigenvalue weighted by molar-refractivity contribution is -0.129. The highest BCUT2D eigenvalue weighted by Crippen LogP contribution is 2.38. The van der Waals surface area contributed by atoms with Crippen LogP contribution in [-0.4, -0.2) is 45.0 Å². The van der Waals surface area contributed by atoms with Gasteiger partial charge in [-0.25, -0.2) is 4.98 Å². The quantitative estimate of drug-likeness (QED) is 0.848. The van der Waals surface area contributed by atoms with Gasteiger partial charge >= 0.3 is 0 Å². The number of hydrogen-bond donors (Lipinski definition) is 1. The van der Waals surface area contributed by atoms with Crippen molar-refractivity contribution in [2.45, 2.75) is 37.5 Å². The number of carbonyl (C=O) groups excluding carboxylic acids is 1. The highest BCUT2D eigenvalue weighted by atomic mass is 35.5. The van der Waals surface area contributed by atoms with E-state index in [9.17, 15) is 4.79 Å². The molecule has 2 heterocycles. The smallest absolute Gasteiger partial charge is 0.237 e. The van der Waals surface area contributed by atoms with Gasteiger partial charge in [0.2, 0.25) is 5.91 Å². The predicted octanol–water partition coefficient (Wildman–Crippen LogP) is 1.63. The second-order valence-electron chi connectivity index (χ2n) is 5.14. The molecule has 1 aromatic heterocycles. The van der Waals surface area contributed by atoms with Crippen molar-refractivity contribution in [3.8, 4) is 0 Å². The van der Waals surface area contributed by atoms with E-state index in [2.05, 4.69) is 15.2 Å². The number of piperidine rings is 1. The third kappa shape index (κ3) is 2.36. The summed E-state index contributed by atoms with van der Waals surface area (Å²) in [5.74, 6) is 3.08. The Morgan fingerprint density at radius 3 is 2.61 bits per heavy atom. The Balaban J connectivity index is 1.59. The summed E-state index contributed by atoms with van der Waals surface area (Å²) in [6, 6.07) is 0. The average molecular weight is 269 g/mol. The van der Waals surface area contributed by atoms with E-state index >= 15 is 0 Å². The van der Waals surface area contributed by atoms with E-state index in [1.54, 1.807) is 0 Å². The number of halogens is 1. The van der Waals surface area contributed by atoms with Gasteiger partial charge < -0.3 is 4.90 Å². The molecule has 1 amide bonds. The van der Waals surface area contributed by atoms with Gasteiger partial charge in [-0.15, -0.1) is 11.6 Å². The summed E-state index contributed by atoms with van der Waals surface area (Å²) in [7, 11) is 0. The topological polar surface area (TPSA) is 61.9 Å². The van der Waals surface area contributed by atoms with Crippen molar-refractivity contribution in [1.82, 2.24) is 20.1 Å². The van der Waals surface area contributed by atoms with Crippen LogP contribution in [0.1, 0.15) is 49.2 Å².